The molecular weight excluding hydrogens is 344 g/mol. The van der Waals surface area contributed by atoms with E-state index < -0.39 is 0 Å². The van der Waals surface area contributed by atoms with Crippen LogP contribution in [0.5, 0.6) is 0 Å². The zero-order valence-electron chi connectivity index (χ0n) is 14.7. The van der Waals surface area contributed by atoms with Crippen molar-refractivity contribution in [2.75, 3.05) is 5.32 Å². The summed E-state index contributed by atoms with van der Waals surface area (Å²) in [6.07, 6.45) is 3.76. The second-order valence-electron chi connectivity index (χ2n) is 6.42. The van der Waals surface area contributed by atoms with E-state index >= 15 is 0 Å². The first-order valence-corrected chi connectivity index (χ1v) is 8.88. The molecule has 0 bridgehead atoms. The van der Waals surface area contributed by atoms with Crippen LogP contribution >= 0.6 is 11.6 Å². The number of halogens is 1. The lowest BCUT2D eigenvalue weighted by molar-refractivity contribution is 0.989. The molecule has 0 saturated heterocycles. The number of rotatable bonds is 4. The van der Waals surface area contributed by atoms with Crippen molar-refractivity contribution in [2.45, 2.75) is 20.4 Å². The first-order chi connectivity index (χ1) is 12.6. The summed E-state index contributed by atoms with van der Waals surface area (Å²) in [6, 6.07) is 16.3. The molecule has 0 spiro atoms. The van der Waals surface area contributed by atoms with Gasteiger partial charge in [-0.05, 0) is 37.6 Å². The highest BCUT2D eigenvalue weighted by molar-refractivity contribution is 6.30. The zero-order chi connectivity index (χ0) is 18.1. The van der Waals surface area contributed by atoms with Crippen LogP contribution in [0.3, 0.4) is 0 Å². The molecule has 26 heavy (non-hydrogen) atoms. The van der Waals surface area contributed by atoms with Gasteiger partial charge in [0.05, 0.1) is 23.0 Å². The third-order valence-corrected chi connectivity index (χ3v) is 4.58. The summed E-state index contributed by atoms with van der Waals surface area (Å²) in [5.41, 5.74) is 6.56. The predicted octanol–water partition coefficient (Wildman–Crippen LogP) is 5.28. The molecule has 3 aromatic heterocycles. The fourth-order valence-electron chi connectivity index (χ4n) is 2.97. The molecule has 0 unspecified atom stereocenters. The number of fused-ring (bicyclic) bond motifs is 1. The summed E-state index contributed by atoms with van der Waals surface area (Å²) in [6.45, 7) is 4.79. The molecule has 4 rings (SSSR count). The number of nitrogens with zero attached hydrogens (tertiary/aromatic N) is 3. The van der Waals surface area contributed by atoms with E-state index in [9.17, 15) is 0 Å². The molecule has 4 aromatic rings. The molecule has 0 amide bonds. The number of benzene rings is 1. The summed E-state index contributed by atoms with van der Waals surface area (Å²) < 4.78 is 2.15. The Morgan fingerprint density at radius 3 is 2.46 bits per heavy atom. The molecule has 0 aliphatic heterocycles. The summed E-state index contributed by atoms with van der Waals surface area (Å²) in [4.78, 5) is 9.18. The minimum absolute atomic E-state index is 0.614. The second-order valence-corrected chi connectivity index (χ2v) is 6.86. The first kappa shape index (κ1) is 16.6. The van der Waals surface area contributed by atoms with Gasteiger partial charge >= 0.3 is 0 Å². The van der Waals surface area contributed by atoms with E-state index in [1.54, 1.807) is 6.20 Å². The Bertz CT molecular complexity index is 1050. The number of hydrogen-bond donors (Lipinski definition) is 1. The Balaban J connectivity index is 1.76. The van der Waals surface area contributed by atoms with Gasteiger partial charge in [0.15, 0.2) is 0 Å². The van der Waals surface area contributed by atoms with Gasteiger partial charge in [-0.15, -0.1) is 0 Å². The minimum atomic E-state index is 0.614. The maximum atomic E-state index is 5.92. The second kappa shape index (κ2) is 6.81. The van der Waals surface area contributed by atoms with E-state index in [0.717, 1.165) is 28.4 Å². The highest BCUT2D eigenvalue weighted by Gasteiger charge is 2.14. The van der Waals surface area contributed by atoms with Crippen molar-refractivity contribution in [2.24, 2.45) is 0 Å². The van der Waals surface area contributed by atoms with Gasteiger partial charge in [-0.1, -0.05) is 47.5 Å². The van der Waals surface area contributed by atoms with Crippen molar-refractivity contribution in [1.29, 1.82) is 0 Å². The fraction of sp³-hybridized carbons (Fsp3) is 0.143. The Kier molecular flexibility index (Phi) is 4.35. The molecule has 0 aliphatic rings. The van der Waals surface area contributed by atoms with Gasteiger partial charge in [0.25, 0.3) is 0 Å². The van der Waals surface area contributed by atoms with Crippen LogP contribution in [-0.4, -0.2) is 14.4 Å². The molecule has 0 fully saturated rings. The van der Waals surface area contributed by atoms with Crippen molar-refractivity contribution >= 4 is 23.1 Å². The maximum absolute atomic E-state index is 5.92. The molecule has 0 saturated carbocycles. The van der Waals surface area contributed by atoms with Crippen LogP contribution in [0.15, 0.2) is 60.9 Å². The summed E-state index contributed by atoms with van der Waals surface area (Å²) >= 11 is 5.92. The Hall–Kier alpha value is -2.85. The van der Waals surface area contributed by atoms with Crippen LogP contribution in [0.25, 0.3) is 16.9 Å². The molecule has 0 radical (unpaired) electrons. The lowest BCUT2D eigenvalue weighted by Crippen LogP contribution is -2.05. The number of imidazole rings is 1. The normalized spacial score (nSPS) is 11.0. The molecule has 0 atom stereocenters. The molecule has 3 heterocycles. The third kappa shape index (κ3) is 3.28. The Morgan fingerprint density at radius 1 is 0.962 bits per heavy atom. The van der Waals surface area contributed by atoms with E-state index in [1.807, 2.05) is 12.1 Å². The van der Waals surface area contributed by atoms with Crippen LogP contribution in [-0.2, 0) is 6.54 Å². The fourth-order valence-corrected chi connectivity index (χ4v) is 3.08. The molecule has 130 valence electrons. The van der Waals surface area contributed by atoms with Gasteiger partial charge in [-0.2, -0.15) is 0 Å². The van der Waals surface area contributed by atoms with Crippen molar-refractivity contribution in [3.63, 3.8) is 0 Å². The van der Waals surface area contributed by atoms with Crippen molar-refractivity contribution in [3.05, 3.63) is 82.8 Å². The van der Waals surface area contributed by atoms with Crippen LogP contribution in [0.4, 0.5) is 5.82 Å². The van der Waals surface area contributed by atoms with Crippen molar-refractivity contribution in [1.82, 2.24) is 14.4 Å². The molecule has 0 aliphatic carbocycles. The minimum Gasteiger partial charge on any atom is -0.364 e. The predicted molar refractivity (Wildman–Crippen MR) is 107 cm³/mol. The monoisotopic (exact) mass is 362 g/mol. The average Bonchev–Trinajstić information content (AvgIpc) is 2.99. The van der Waals surface area contributed by atoms with Crippen LogP contribution in [0.2, 0.25) is 5.02 Å². The Labute approximate surface area is 157 Å². The van der Waals surface area contributed by atoms with Gasteiger partial charge in [0, 0.05) is 18.0 Å². The highest BCUT2D eigenvalue weighted by Crippen LogP contribution is 2.26. The molecule has 1 aromatic carbocycles. The van der Waals surface area contributed by atoms with Crippen molar-refractivity contribution in [3.8, 4) is 11.3 Å². The smallest absolute Gasteiger partial charge is 0.137 e. The van der Waals surface area contributed by atoms with E-state index in [1.165, 1.54) is 11.1 Å². The summed E-state index contributed by atoms with van der Waals surface area (Å²) in [7, 11) is 0. The van der Waals surface area contributed by atoms with E-state index in [-0.39, 0.29) is 0 Å². The van der Waals surface area contributed by atoms with Gasteiger partial charge in [-0.25, -0.2) is 9.97 Å². The lowest BCUT2D eigenvalue weighted by Gasteiger charge is -2.09. The Morgan fingerprint density at radius 2 is 1.73 bits per heavy atom. The molecule has 4 nitrogen and oxygen atoms in total. The van der Waals surface area contributed by atoms with Gasteiger partial charge in [-0.3, -0.25) is 0 Å². The number of pyridine rings is 2. The van der Waals surface area contributed by atoms with E-state index in [4.69, 9.17) is 16.6 Å². The van der Waals surface area contributed by atoms with Crippen molar-refractivity contribution < 1.29 is 0 Å². The van der Waals surface area contributed by atoms with Crippen LogP contribution < -0.4 is 5.32 Å². The number of aryl methyl sites for hydroxylation is 2. The third-order valence-electron chi connectivity index (χ3n) is 4.35. The average molecular weight is 363 g/mol. The topological polar surface area (TPSA) is 42.2 Å². The number of nitrogens with one attached hydrogen (secondary N) is 1. The number of anilines is 1. The molecule has 1 N–H and O–H groups in total. The lowest BCUT2D eigenvalue weighted by atomic mass is 10.1. The molecular formula is C21H19ClN4. The van der Waals surface area contributed by atoms with Gasteiger partial charge in [0.2, 0.25) is 0 Å². The largest absolute Gasteiger partial charge is 0.364 e. The maximum Gasteiger partial charge on any atom is 0.137 e. The van der Waals surface area contributed by atoms with Crippen LogP contribution in [0, 0.1) is 13.8 Å². The zero-order valence-corrected chi connectivity index (χ0v) is 15.5. The molecule has 5 heteroatoms. The first-order valence-electron chi connectivity index (χ1n) is 8.50. The van der Waals surface area contributed by atoms with E-state index in [0.29, 0.717) is 11.6 Å². The van der Waals surface area contributed by atoms with E-state index in [2.05, 4.69) is 71.1 Å². The number of hydrogen-bond acceptors (Lipinski definition) is 3. The highest BCUT2D eigenvalue weighted by atomic mass is 35.5. The van der Waals surface area contributed by atoms with Gasteiger partial charge in [0.1, 0.15) is 11.5 Å². The quantitative estimate of drug-likeness (QED) is 0.537. The number of aromatic nitrogens is 3. The summed E-state index contributed by atoms with van der Waals surface area (Å²) in [5.74, 6) is 0.784. The SMILES string of the molecule is Cc1ccc(-c2nc3ccc(C)cn3c2CNc2ccc(Cl)cn2)cc1. The van der Waals surface area contributed by atoms with Gasteiger partial charge < -0.3 is 9.72 Å². The van der Waals surface area contributed by atoms with Crippen LogP contribution in [0.1, 0.15) is 16.8 Å². The standard InChI is InChI=1S/C21H19ClN4/c1-14-3-6-16(7-4-14)21-18(12-24-19-9-8-17(22)11-23-19)26-13-15(2)5-10-20(26)25-21/h3-11,13H,12H2,1-2H3,(H,23,24). The summed E-state index contributed by atoms with van der Waals surface area (Å²) in [5, 5.41) is 4.00.